The van der Waals surface area contributed by atoms with Crippen LogP contribution in [0.25, 0.3) is 0 Å². The highest BCUT2D eigenvalue weighted by Crippen LogP contribution is 2.29. The molecule has 1 aromatic rings. The van der Waals surface area contributed by atoms with Gasteiger partial charge in [-0.25, -0.2) is 19.0 Å². The minimum atomic E-state index is -2.24. The van der Waals surface area contributed by atoms with Crippen LogP contribution in [0.4, 0.5) is 22.0 Å². The number of carbonyl (C=O) groups is 1. The molecule has 0 aliphatic carbocycles. The molecule has 0 aliphatic heterocycles. The summed E-state index contributed by atoms with van der Waals surface area (Å²) in [4.78, 5) is 10.7. The number of hydrogen-bond donors (Lipinski definition) is 2. The van der Waals surface area contributed by atoms with Gasteiger partial charge in [0.05, 0.1) is 6.61 Å². The lowest BCUT2D eigenvalue weighted by Gasteiger charge is -2.10. The van der Waals surface area contributed by atoms with E-state index in [0.717, 1.165) is 0 Å². The Morgan fingerprint density at radius 1 is 0.950 bits per heavy atom. The molecule has 0 aliphatic rings. The highest BCUT2D eigenvalue weighted by Gasteiger charge is 2.26. The van der Waals surface area contributed by atoms with Gasteiger partial charge in [-0.2, -0.15) is 8.78 Å². The fraction of sp³-hybridized carbons (Fsp3) is 0.364. The van der Waals surface area contributed by atoms with E-state index in [1.807, 2.05) is 5.43 Å². The second-order valence-corrected chi connectivity index (χ2v) is 3.77. The molecule has 3 N–H and O–H groups in total. The molecule has 0 fully saturated rings. The fourth-order valence-electron chi connectivity index (χ4n) is 1.35. The van der Waals surface area contributed by atoms with Gasteiger partial charge in [0.2, 0.25) is 35.0 Å². The molecular formula is C11H11F5N2O2. The molecule has 9 heteroatoms. The summed E-state index contributed by atoms with van der Waals surface area (Å²) in [5.41, 5.74) is 1.87. The number of hydrazine groups is 1. The summed E-state index contributed by atoms with van der Waals surface area (Å²) < 4.78 is 69.2. The number of rotatable bonds is 6. The summed E-state index contributed by atoms with van der Waals surface area (Å²) in [5, 5.41) is 0. The van der Waals surface area contributed by atoms with Crippen LogP contribution in [0.5, 0.6) is 5.75 Å². The predicted molar refractivity (Wildman–Crippen MR) is 57.9 cm³/mol. The Morgan fingerprint density at radius 3 is 1.95 bits per heavy atom. The minimum Gasteiger partial charge on any atom is -0.487 e. The molecule has 0 aromatic heterocycles. The summed E-state index contributed by atoms with van der Waals surface area (Å²) in [5.74, 6) is -7.39. The van der Waals surface area contributed by atoms with Crippen molar-refractivity contribution in [2.45, 2.75) is 19.3 Å². The quantitative estimate of drug-likeness (QED) is 0.160. The zero-order valence-corrected chi connectivity index (χ0v) is 10.1. The van der Waals surface area contributed by atoms with Crippen molar-refractivity contribution in [3.05, 3.63) is 29.1 Å². The third kappa shape index (κ3) is 3.56. The van der Waals surface area contributed by atoms with Crippen molar-refractivity contribution in [3.8, 4) is 5.75 Å². The molecular weight excluding hydrogens is 287 g/mol. The lowest BCUT2D eigenvalue weighted by atomic mass is 10.2. The van der Waals surface area contributed by atoms with E-state index in [1.54, 1.807) is 0 Å². The third-order valence-electron chi connectivity index (χ3n) is 2.38. The van der Waals surface area contributed by atoms with E-state index in [2.05, 4.69) is 4.74 Å². The third-order valence-corrected chi connectivity index (χ3v) is 2.38. The van der Waals surface area contributed by atoms with Gasteiger partial charge < -0.3 is 4.74 Å². The van der Waals surface area contributed by atoms with E-state index >= 15 is 0 Å². The molecule has 0 saturated carbocycles. The molecule has 0 heterocycles. The minimum absolute atomic E-state index is 0.0525. The Morgan fingerprint density at radius 2 is 1.45 bits per heavy atom. The van der Waals surface area contributed by atoms with E-state index in [9.17, 15) is 26.7 Å². The molecule has 112 valence electrons. The molecule has 0 atom stereocenters. The maximum Gasteiger partial charge on any atom is 0.233 e. The van der Waals surface area contributed by atoms with Crippen molar-refractivity contribution in [1.82, 2.24) is 5.43 Å². The Kier molecular flexibility index (Phi) is 5.68. The molecule has 0 spiro atoms. The largest absolute Gasteiger partial charge is 0.487 e. The van der Waals surface area contributed by atoms with Crippen LogP contribution in [0.1, 0.15) is 19.3 Å². The first-order chi connectivity index (χ1) is 9.40. The van der Waals surface area contributed by atoms with Crippen molar-refractivity contribution in [3.63, 3.8) is 0 Å². The van der Waals surface area contributed by atoms with Crippen molar-refractivity contribution in [2.24, 2.45) is 5.84 Å². The van der Waals surface area contributed by atoms with Crippen LogP contribution in [-0.2, 0) is 4.79 Å². The van der Waals surface area contributed by atoms with E-state index in [0.29, 0.717) is 0 Å². The molecule has 1 amide bonds. The number of ether oxygens (including phenoxy) is 1. The first-order valence-corrected chi connectivity index (χ1v) is 5.53. The first kappa shape index (κ1) is 16.2. The monoisotopic (exact) mass is 298 g/mol. The Bertz CT molecular complexity index is 481. The van der Waals surface area contributed by atoms with Gasteiger partial charge in [-0.1, -0.05) is 0 Å². The van der Waals surface area contributed by atoms with Crippen molar-refractivity contribution >= 4 is 5.91 Å². The highest BCUT2D eigenvalue weighted by atomic mass is 19.2. The number of halogens is 5. The van der Waals surface area contributed by atoms with Crippen LogP contribution in [-0.4, -0.2) is 12.5 Å². The van der Waals surface area contributed by atoms with Crippen LogP contribution in [0.15, 0.2) is 0 Å². The Hall–Kier alpha value is -1.90. The zero-order chi connectivity index (χ0) is 15.3. The Labute approximate surface area is 110 Å². The van der Waals surface area contributed by atoms with Crippen LogP contribution in [0.2, 0.25) is 0 Å². The lowest BCUT2D eigenvalue weighted by molar-refractivity contribution is -0.121. The Balaban J connectivity index is 2.63. The van der Waals surface area contributed by atoms with Gasteiger partial charge >= 0.3 is 0 Å². The highest BCUT2D eigenvalue weighted by molar-refractivity contribution is 5.75. The smallest absolute Gasteiger partial charge is 0.233 e. The van der Waals surface area contributed by atoms with E-state index < -0.39 is 40.7 Å². The first-order valence-electron chi connectivity index (χ1n) is 5.53. The number of carbonyl (C=O) groups excluding carboxylic acids is 1. The van der Waals surface area contributed by atoms with Crippen molar-refractivity contribution < 1.29 is 31.5 Å². The molecule has 0 bridgehead atoms. The van der Waals surface area contributed by atoms with Gasteiger partial charge in [0.25, 0.3) is 0 Å². The van der Waals surface area contributed by atoms with Gasteiger partial charge in [0.15, 0.2) is 5.75 Å². The predicted octanol–water partition coefficient (Wildman–Crippen LogP) is 1.92. The van der Waals surface area contributed by atoms with Crippen molar-refractivity contribution in [2.75, 3.05) is 6.61 Å². The standard InChI is InChI=1S/C11H11F5N2O2/c12-6-7(13)9(15)11(10(16)8(6)14)20-4-2-1-3-5(19)18-17/h1-4,17H2,(H,18,19). The fourth-order valence-corrected chi connectivity index (χ4v) is 1.35. The maximum atomic E-state index is 13.2. The van der Waals surface area contributed by atoms with Gasteiger partial charge in [0.1, 0.15) is 0 Å². The molecule has 20 heavy (non-hydrogen) atoms. The number of nitrogens with two attached hydrogens (primary N) is 1. The summed E-state index contributed by atoms with van der Waals surface area (Å²) in [6, 6.07) is 0. The topological polar surface area (TPSA) is 64.3 Å². The number of benzene rings is 1. The number of unbranched alkanes of at least 4 members (excludes halogenated alkanes) is 1. The summed E-state index contributed by atoms with van der Waals surface area (Å²) in [7, 11) is 0. The molecule has 0 radical (unpaired) electrons. The van der Waals surface area contributed by atoms with Gasteiger partial charge in [0, 0.05) is 6.42 Å². The zero-order valence-electron chi connectivity index (χ0n) is 10.1. The second-order valence-electron chi connectivity index (χ2n) is 3.77. The average molecular weight is 298 g/mol. The summed E-state index contributed by atoms with van der Waals surface area (Å²) >= 11 is 0. The molecule has 1 aromatic carbocycles. The van der Waals surface area contributed by atoms with Crippen LogP contribution < -0.4 is 16.0 Å². The van der Waals surface area contributed by atoms with Crippen molar-refractivity contribution in [1.29, 1.82) is 0 Å². The summed E-state index contributed by atoms with van der Waals surface area (Å²) in [6.45, 7) is -0.309. The maximum absolute atomic E-state index is 13.2. The van der Waals surface area contributed by atoms with E-state index in [4.69, 9.17) is 5.84 Å². The van der Waals surface area contributed by atoms with Gasteiger partial charge in [-0.15, -0.1) is 0 Å². The van der Waals surface area contributed by atoms with Crippen LogP contribution in [0.3, 0.4) is 0 Å². The molecule has 0 saturated heterocycles. The lowest BCUT2D eigenvalue weighted by Crippen LogP contribution is -2.29. The van der Waals surface area contributed by atoms with Gasteiger partial charge in [-0.05, 0) is 12.8 Å². The second kappa shape index (κ2) is 7.04. The molecule has 1 rings (SSSR count). The van der Waals surface area contributed by atoms with E-state index in [1.165, 1.54) is 0 Å². The SMILES string of the molecule is NNC(=O)CCCCOc1c(F)c(F)c(F)c(F)c1F. The number of hydrogen-bond acceptors (Lipinski definition) is 3. The number of nitrogens with one attached hydrogen (secondary N) is 1. The molecule has 4 nitrogen and oxygen atoms in total. The number of amides is 1. The normalized spacial score (nSPS) is 10.5. The van der Waals surface area contributed by atoms with Crippen LogP contribution in [0, 0.1) is 29.1 Å². The van der Waals surface area contributed by atoms with Crippen LogP contribution >= 0.6 is 0 Å². The molecule has 0 unspecified atom stereocenters. The summed E-state index contributed by atoms with van der Waals surface area (Å²) in [6.07, 6.45) is 0.502. The van der Waals surface area contributed by atoms with Gasteiger partial charge in [-0.3, -0.25) is 10.2 Å². The average Bonchev–Trinajstić information content (AvgIpc) is 2.45. The van der Waals surface area contributed by atoms with E-state index in [-0.39, 0.29) is 25.9 Å².